The van der Waals surface area contributed by atoms with Crippen molar-refractivity contribution in [2.45, 2.75) is 64.1 Å². The van der Waals surface area contributed by atoms with Gasteiger partial charge in [0.05, 0.1) is 11.1 Å². The number of nitrogens with zero attached hydrogens (tertiary/aromatic N) is 2. The van der Waals surface area contributed by atoms with Crippen molar-refractivity contribution in [3.63, 3.8) is 0 Å². The second-order valence-corrected chi connectivity index (χ2v) is 10.2. The lowest BCUT2D eigenvalue weighted by Gasteiger charge is -2.32. The molecule has 11 heteroatoms. The number of piperidine rings is 2. The second kappa shape index (κ2) is 10.3. The monoisotopic (exact) mass is 500 g/mol. The average Bonchev–Trinajstić information content (AvgIpc) is 3.05. The summed E-state index contributed by atoms with van der Waals surface area (Å²) in [4.78, 5) is 64.9. The maximum Gasteiger partial charge on any atom is 0.407 e. The SMILES string of the molecule is CC(C)(C)OC(=O)NC1CCN(CCOc2cccc3c2C(=O)N(C2CCC(=O)NC2=O)C3=O)CC1. The first-order chi connectivity index (χ1) is 17.0. The Balaban J connectivity index is 1.30. The number of carbonyl (C=O) groups excluding carboxylic acids is 5. The standard InChI is InChI=1S/C25H32N4O7/c1-25(2,3)36-24(34)26-15-9-11-28(12-10-15)13-14-35-18-6-4-5-16-20(18)23(33)29(22(16)32)17-7-8-19(30)27-21(17)31/h4-6,15,17H,7-14H2,1-3H3,(H,26,34)(H,27,30,31). The summed E-state index contributed by atoms with van der Waals surface area (Å²) in [5.74, 6) is -1.92. The fraction of sp³-hybridized carbons (Fsp3) is 0.560. The highest BCUT2D eigenvalue weighted by atomic mass is 16.6. The number of alkyl carbamates (subject to hydrolysis) is 1. The predicted octanol–water partition coefficient (Wildman–Crippen LogP) is 1.46. The maximum atomic E-state index is 13.1. The van der Waals surface area contributed by atoms with Gasteiger partial charge in [-0.1, -0.05) is 6.07 Å². The number of hydrogen-bond acceptors (Lipinski definition) is 8. The zero-order valence-electron chi connectivity index (χ0n) is 20.8. The molecule has 1 unspecified atom stereocenters. The van der Waals surface area contributed by atoms with E-state index in [1.807, 2.05) is 20.8 Å². The molecule has 2 fully saturated rings. The van der Waals surface area contributed by atoms with Crippen LogP contribution in [0.4, 0.5) is 4.79 Å². The van der Waals surface area contributed by atoms with E-state index in [0.717, 1.165) is 30.8 Å². The Morgan fingerprint density at radius 3 is 2.47 bits per heavy atom. The molecule has 3 aliphatic heterocycles. The van der Waals surface area contributed by atoms with Gasteiger partial charge in [0, 0.05) is 32.1 Å². The van der Waals surface area contributed by atoms with Crippen LogP contribution in [-0.4, -0.2) is 83.4 Å². The summed E-state index contributed by atoms with van der Waals surface area (Å²) >= 11 is 0. The lowest BCUT2D eigenvalue weighted by molar-refractivity contribution is -0.136. The number of ether oxygens (including phenoxy) is 2. The largest absolute Gasteiger partial charge is 0.491 e. The van der Waals surface area contributed by atoms with E-state index in [1.54, 1.807) is 12.1 Å². The fourth-order valence-electron chi connectivity index (χ4n) is 4.66. The van der Waals surface area contributed by atoms with E-state index in [9.17, 15) is 24.0 Å². The Hall–Kier alpha value is -3.47. The molecule has 0 spiro atoms. The van der Waals surface area contributed by atoms with Crippen LogP contribution in [0.2, 0.25) is 0 Å². The second-order valence-electron chi connectivity index (χ2n) is 10.2. The van der Waals surface area contributed by atoms with E-state index in [4.69, 9.17) is 9.47 Å². The molecule has 1 aromatic rings. The first kappa shape index (κ1) is 25.6. The molecular weight excluding hydrogens is 468 g/mol. The molecular formula is C25H32N4O7. The van der Waals surface area contributed by atoms with E-state index in [-0.39, 0.29) is 30.0 Å². The molecule has 1 aromatic carbocycles. The normalized spacial score (nSPS) is 21.3. The first-order valence-corrected chi connectivity index (χ1v) is 12.2. The van der Waals surface area contributed by atoms with Crippen LogP contribution in [0, 0.1) is 0 Å². The molecule has 194 valence electrons. The molecule has 0 aliphatic carbocycles. The van der Waals surface area contributed by atoms with Gasteiger partial charge in [-0.2, -0.15) is 0 Å². The van der Waals surface area contributed by atoms with Crippen LogP contribution in [0.5, 0.6) is 5.75 Å². The molecule has 36 heavy (non-hydrogen) atoms. The number of amides is 5. The summed E-state index contributed by atoms with van der Waals surface area (Å²) < 4.78 is 11.2. The Bertz CT molecular complexity index is 1070. The highest BCUT2D eigenvalue weighted by Crippen LogP contribution is 2.33. The lowest BCUT2D eigenvalue weighted by Crippen LogP contribution is -2.54. The molecule has 2 saturated heterocycles. The molecule has 4 rings (SSSR count). The third-order valence-corrected chi connectivity index (χ3v) is 6.40. The van der Waals surface area contributed by atoms with Crippen LogP contribution < -0.4 is 15.4 Å². The number of carbonyl (C=O) groups is 5. The van der Waals surface area contributed by atoms with Gasteiger partial charge >= 0.3 is 6.09 Å². The molecule has 0 bridgehead atoms. The zero-order valence-corrected chi connectivity index (χ0v) is 20.8. The Morgan fingerprint density at radius 2 is 1.81 bits per heavy atom. The minimum Gasteiger partial charge on any atom is -0.491 e. The van der Waals surface area contributed by atoms with Crippen LogP contribution in [-0.2, 0) is 14.3 Å². The van der Waals surface area contributed by atoms with Crippen molar-refractivity contribution in [1.29, 1.82) is 0 Å². The van der Waals surface area contributed by atoms with Crippen molar-refractivity contribution in [2.75, 3.05) is 26.2 Å². The van der Waals surface area contributed by atoms with Gasteiger partial charge in [0.25, 0.3) is 11.8 Å². The van der Waals surface area contributed by atoms with Gasteiger partial charge in [0.15, 0.2) is 0 Å². The topological polar surface area (TPSA) is 134 Å². The number of imide groups is 2. The average molecular weight is 501 g/mol. The van der Waals surface area contributed by atoms with Gasteiger partial charge in [-0.25, -0.2) is 4.79 Å². The highest BCUT2D eigenvalue weighted by molar-refractivity contribution is 6.24. The lowest BCUT2D eigenvalue weighted by atomic mass is 10.0. The van der Waals surface area contributed by atoms with Crippen molar-refractivity contribution >= 4 is 29.7 Å². The molecule has 5 amide bonds. The summed E-state index contributed by atoms with van der Waals surface area (Å²) in [7, 11) is 0. The van der Waals surface area contributed by atoms with Gasteiger partial charge in [-0.3, -0.25) is 34.3 Å². The molecule has 2 N–H and O–H groups in total. The summed E-state index contributed by atoms with van der Waals surface area (Å²) in [6.07, 6.45) is 1.33. The summed E-state index contributed by atoms with van der Waals surface area (Å²) in [6.45, 7) is 7.95. The Kier molecular flexibility index (Phi) is 7.30. The van der Waals surface area contributed by atoms with E-state index in [1.165, 1.54) is 6.07 Å². The molecule has 0 radical (unpaired) electrons. The van der Waals surface area contributed by atoms with Gasteiger partial charge < -0.3 is 14.8 Å². The molecule has 0 saturated carbocycles. The van der Waals surface area contributed by atoms with Crippen LogP contribution in [0.1, 0.15) is 67.2 Å². The van der Waals surface area contributed by atoms with Crippen molar-refractivity contribution in [2.24, 2.45) is 0 Å². The third-order valence-electron chi connectivity index (χ3n) is 6.40. The van der Waals surface area contributed by atoms with Gasteiger partial charge in [-0.15, -0.1) is 0 Å². The predicted molar refractivity (Wildman–Crippen MR) is 127 cm³/mol. The molecule has 11 nitrogen and oxygen atoms in total. The van der Waals surface area contributed by atoms with Crippen LogP contribution in [0.15, 0.2) is 18.2 Å². The maximum absolute atomic E-state index is 13.1. The zero-order chi connectivity index (χ0) is 26.0. The Labute approximate surface area is 209 Å². The Morgan fingerprint density at radius 1 is 1.08 bits per heavy atom. The van der Waals surface area contributed by atoms with Gasteiger partial charge in [0.1, 0.15) is 24.0 Å². The summed E-state index contributed by atoms with van der Waals surface area (Å²) in [5.41, 5.74) is -0.200. The van der Waals surface area contributed by atoms with E-state index in [2.05, 4.69) is 15.5 Å². The van der Waals surface area contributed by atoms with Gasteiger partial charge in [-0.05, 0) is 52.2 Å². The minimum absolute atomic E-state index is 0.0521. The molecule has 3 heterocycles. The van der Waals surface area contributed by atoms with Crippen LogP contribution >= 0.6 is 0 Å². The van der Waals surface area contributed by atoms with Crippen LogP contribution in [0.25, 0.3) is 0 Å². The summed E-state index contributed by atoms with van der Waals surface area (Å²) in [6, 6.07) is 3.85. The van der Waals surface area contributed by atoms with Crippen LogP contribution in [0.3, 0.4) is 0 Å². The minimum atomic E-state index is -1.02. The quantitative estimate of drug-likeness (QED) is 0.561. The fourth-order valence-corrected chi connectivity index (χ4v) is 4.66. The first-order valence-electron chi connectivity index (χ1n) is 12.2. The van der Waals surface area contributed by atoms with E-state index >= 15 is 0 Å². The molecule has 3 aliphatic rings. The van der Waals surface area contributed by atoms with Crippen molar-refractivity contribution in [3.05, 3.63) is 29.3 Å². The number of benzene rings is 1. The summed E-state index contributed by atoms with van der Waals surface area (Å²) in [5, 5.41) is 5.10. The number of rotatable bonds is 6. The molecule has 1 atom stereocenters. The molecule has 0 aromatic heterocycles. The number of fused-ring (bicyclic) bond motifs is 1. The number of nitrogens with one attached hydrogen (secondary N) is 2. The van der Waals surface area contributed by atoms with E-state index < -0.39 is 41.4 Å². The third kappa shape index (κ3) is 5.67. The van der Waals surface area contributed by atoms with Gasteiger partial charge in [0.2, 0.25) is 11.8 Å². The highest BCUT2D eigenvalue weighted by Gasteiger charge is 2.46. The van der Waals surface area contributed by atoms with Crippen molar-refractivity contribution < 1.29 is 33.4 Å². The van der Waals surface area contributed by atoms with E-state index in [0.29, 0.717) is 18.9 Å². The smallest absolute Gasteiger partial charge is 0.407 e. The number of likely N-dealkylation sites (tertiary alicyclic amines) is 1. The van der Waals surface area contributed by atoms with Crippen molar-refractivity contribution in [3.8, 4) is 5.75 Å². The van der Waals surface area contributed by atoms with Crippen molar-refractivity contribution in [1.82, 2.24) is 20.4 Å². The number of hydrogen-bond donors (Lipinski definition) is 2.